The third kappa shape index (κ3) is 2.64. The molecule has 1 fully saturated rings. The highest BCUT2D eigenvalue weighted by molar-refractivity contribution is 9.10. The van der Waals surface area contributed by atoms with Gasteiger partial charge in [0.05, 0.1) is 0 Å². The fraction of sp³-hybridized carbons (Fsp3) is 0.455. The molecule has 0 aliphatic carbocycles. The van der Waals surface area contributed by atoms with Crippen LogP contribution < -0.4 is 0 Å². The van der Waals surface area contributed by atoms with Gasteiger partial charge in [0.15, 0.2) is 0 Å². The Morgan fingerprint density at radius 1 is 1.44 bits per heavy atom. The van der Waals surface area contributed by atoms with Crippen molar-refractivity contribution in [2.75, 3.05) is 11.9 Å². The van der Waals surface area contributed by atoms with Gasteiger partial charge in [-0.2, -0.15) is 4.31 Å². The molecule has 1 aromatic carbocycles. The Bertz CT molecular complexity index is 550. The van der Waals surface area contributed by atoms with Gasteiger partial charge in [-0.3, -0.25) is 0 Å². The van der Waals surface area contributed by atoms with Crippen molar-refractivity contribution in [1.82, 2.24) is 4.31 Å². The number of alkyl halides is 1. The average Bonchev–Trinajstić information content (AvgIpc) is 2.76. The maximum Gasteiger partial charge on any atom is 0.246 e. The van der Waals surface area contributed by atoms with E-state index in [1.54, 1.807) is 0 Å². The van der Waals surface area contributed by atoms with Crippen molar-refractivity contribution < 1.29 is 12.8 Å². The van der Waals surface area contributed by atoms with E-state index in [1.165, 1.54) is 22.5 Å². The Labute approximate surface area is 123 Å². The maximum atomic E-state index is 13.8. The van der Waals surface area contributed by atoms with E-state index in [0.717, 1.165) is 12.8 Å². The van der Waals surface area contributed by atoms with Crippen molar-refractivity contribution in [2.24, 2.45) is 0 Å². The Hall–Kier alpha value is 0.0200. The fourth-order valence-electron chi connectivity index (χ4n) is 2.09. The van der Waals surface area contributed by atoms with Crippen LogP contribution in [0.5, 0.6) is 0 Å². The monoisotopic (exact) mass is 399 g/mol. The lowest BCUT2D eigenvalue weighted by atomic mass is 10.3. The summed E-state index contributed by atoms with van der Waals surface area (Å²) < 4.78 is 40.5. The minimum absolute atomic E-state index is 0.0851. The predicted octanol–water partition coefficient (Wildman–Crippen LogP) is 3.14. The molecule has 1 aliphatic heterocycles. The lowest BCUT2D eigenvalue weighted by Crippen LogP contribution is -2.36. The van der Waals surface area contributed by atoms with E-state index in [9.17, 15) is 12.8 Å². The van der Waals surface area contributed by atoms with Gasteiger partial charge in [-0.15, -0.1) is 0 Å². The van der Waals surface area contributed by atoms with Gasteiger partial charge in [0.1, 0.15) is 10.7 Å². The zero-order chi connectivity index (χ0) is 13.3. The quantitative estimate of drug-likeness (QED) is 0.731. The van der Waals surface area contributed by atoms with Gasteiger partial charge in [0, 0.05) is 22.4 Å². The van der Waals surface area contributed by atoms with Crippen LogP contribution in [0.2, 0.25) is 0 Å². The molecule has 0 spiro atoms. The summed E-state index contributed by atoms with van der Waals surface area (Å²) in [6, 6.07) is 3.93. The standard InChI is InChI=1S/C11H12Br2FNO2S/c12-7-9-2-1-5-15(9)18(16,17)11-4-3-8(13)6-10(11)14/h3-4,6,9H,1-2,5,7H2. The smallest absolute Gasteiger partial charge is 0.207 e. The number of benzene rings is 1. The van der Waals surface area contributed by atoms with Gasteiger partial charge in [-0.1, -0.05) is 31.9 Å². The fourth-order valence-corrected chi connectivity index (χ4v) is 5.03. The number of halogens is 3. The number of hydrogen-bond acceptors (Lipinski definition) is 2. The van der Waals surface area contributed by atoms with E-state index in [4.69, 9.17) is 0 Å². The summed E-state index contributed by atoms with van der Waals surface area (Å²) in [4.78, 5) is -0.251. The van der Waals surface area contributed by atoms with Crippen LogP contribution in [0, 0.1) is 5.82 Å². The number of hydrogen-bond donors (Lipinski definition) is 0. The number of nitrogens with zero attached hydrogens (tertiary/aromatic N) is 1. The van der Waals surface area contributed by atoms with E-state index in [1.807, 2.05) is 0 Å². The molecule has 0 amide bonds. The predicted molar refractivity (Wildman–Crippen MR) is 74.8 cm³/mol. The Balaban J connectivity index is 2.42. The Kier molecular flexibility index (Phi) is 4.46. The summed E-state index contributed by atoms with van der Waals surface area (Å²) in [6.45, 7) is 0.452. The Morgan fingerprint density at radius 3 is 2.78 bits per heavy atom. The second-order valence-electron chi connectivity index (χ2n) is 4.14. The van der Waals surface area contributed by atoms with Gasteiger partial charge in [-0.05, 0) is 31.0 Å². The van der Waals surface area contributed by atoms with Crippen molar-refractivity contribution in [3.8, 4) is 0 Å². The van der Waals surface area contributed by atoms with Gasteiger partial charge in [0.25, 0.3) is 0 Å². The molecule has 18 heavy (non-hydrogen) atoms. The summed E-state index contributed by atoms with van der Waals surface area (Å²) in [5, 5.41) is 0.574. The molecule has 0 bridgehead atoms. The first-order valence-corrected chi connectivity index (χ1v) is 8.85. The van der Waals surface area contributed by atoms with Crippen LogP contribution in [-0.2, 0) is 10.0 Å². The average molecular weight is 401 g/mol. The Morgan fingerprint density at radius 2 is 2.17 bits per heavy atom. The highest BCUT2D eigenvalue weighted by atomic mass is 79.9. The van der Waals surface area contributed by atoms with Crippen molar-refractivity contribution in [3.05, 3.63) is 28.5 Å². The summed E-state index contributed by atoms with van der Waals surface area (Å²) in [5.41, 5.74) is 0. The first kappa shape index (κ1) is 14.4. The van der Waals surface area contributed by atoms with Crippen molar-refractivity contribution in [2.45, 2.75) is 23.8 Å². The molecule has 0 radical (unpaired) electrons. The maximum absolute atomic E-state index is 13.8. The molecule has 1 aliphatic rings. The zero-order valence-electron chi connectivity index (χ0n) is 9.44. The topological polar surface area (TPSA) is 37.4 Å². The normalized spacial score (nSPS) is 21.4. The van der Waals surface area contributed by atoms with Gasteiger partial charge in [0.2, 0.25) is 10.0 Å². The largest absolute Gasteiger partial charge is 0.246 e. The molecule has 7 heteroatoms. The third-order valence-corrected chi connectivity index (χ3v) is 6.21. The second kappa shape index (κ2) is 5.56. The van der Waals surface area contributed by atoms with Gasteiger partial charge >= 0.3 is 0 Å². The minimum Gasteiger partial charge on any atom is -0.207 e. The van der Waals surface area contributed by atoms with Crippen molar-refractivity contribution >= 4 is 41.9 Å². The lowest BCUT2D eigenvalue weighted by Gasteiger charge is -2.22. The van der Waals surface area contributed by atoms with Crippen LogP contribution in [0.15, 0.2) is 27.6 Å². The molecule has 1 saturated heterocycles. The molecule has 0 N–H and O–H groups in total. The summed E-state index contributed by atoms with van der Waals surface area (Å²) in [6.07, 6.45) is 1.62. The van der Waals surface area contributed by atoms with Crippen LogP contribution in [0.3, 0.4) is 0 Å². The highest BCUT2D eigenvalue weighted by Crippen LogP contribution is 2.29. The molecule has 1 heterocycles. The van der Waals surface area contributed by atoms with E-state index < -0.39 is 15.8 Å². The first-order valence-electron chi connectivity index (χ1n) is 5.49. The molecule has 2 rings (SSSR count). The molecule has 3 nitrogen and oxygen atoms in total. The molecular weight excluding hydrogens is 389 g/mol. The molecule has 0 aromatic heterocycles. The van der Waals surface area contributed by atoms with E-state index in [0.29, 0.717) is 16.3 Å². The van der Waals surface area contributed by atoms with Crippen LogP contribution >= 0.6 is 31.9 Å². The highest BCUT2D eigenvalue weighted by Gasteiger charge is 2.35. The van der Waals surface area contributed by atoms with Gasteiger partial charge in [-0.25, -0.2) is 12.8 Å². The summed E-state index contributed by atoms with van der Waals surface area (Å²) >= 11 is 6.42. The van der Waals surface area contributed by atoms with E-state index in [2.05, 4.69) is 31.9 Å². The third-order valence-electron chi connectivity index (χ3n) is 2.98. The summed E-state index contributed by atoms with van der Waals surface area (Å²) in [5.74, 6) is -0.718. The number of sulfonamides is 1. The SMILES string of the molecule is O=S(=O)(c1ccc(Br)cc1F)N1CCCC1CBr. The lowest BCUT2D eigenvalue weighted by molar-refractivity contribution is 0.410. The minimum atomic E-state index is -3.74. The number of rotatable bonds is 3. The molecule has 1 atom stereocenters. The van der Waals surface area contributed by atoms with Crippen molar-refractivity contribution in [3.63, 3.8) is 0 Å². The van der Waals surface area contributed by atoms with E-state index >= 15 is 0 Å². The van der Waals surface area contributed by atoms with E-state index in [-0.39, 0.29) is 10.9 Å². The molecule has 1 unspecified atom stereocenters. The van der Waals surface area contributed by atoms with Crippen LogP contribution in [0.1, 0.15) is 12.8 Å². The van der Waals surface area contributed by atoms with Gasteiger partial charge < -0.3 is 0 Å². The zero-order valence-corrected chi connectivity index (χ0v) is 13.4. The van der Waals surface area contributed by atoms with Crippen LogP contribution in [-0.4, -0.2) is 30.6 Å². The second-order valence-corrected chi connectivity index (χ2v) is 7.56. The molecule has 0 saturated carbocycles. The van der Waals surface area contributed by atoms with Crippen molar-refractivity contribution in [1.29, 1.82) is 0 Å². The molecular formula is C11H12Br2FNO2S. The van der Waals surface area contributed by atoms with Crippen LogP contribution in [0.25, 0.3) is 0 Å². The van der Waals surface area contributed by atoms with Crippen LogP contribution in [0.4, 0.5) is 4.39 Å². The molecule has 100 valence electrons. The first-order chi connectivity index (χ1) is 8.46. The molecule has 1 aromatic rings. The summed E-state index contributed by atoms with van der Waals surface area (Å²) in [7, 11) is -3.74.